The number of nitrogens with one attached hydrogen (secondary N) is 2. The van der Waals surface area contributed by atoms with Crippen LogP contribution in [0.1, 0.15) is 60.2 Å². The lowest BCUT2D eigenvalue weighted by molar-refractivity contribution is 0.0944. The second-order valence-electron chi connectivity index (χ2n) is 6.71. The van der Waals surface area contributed by atoms with E-state index in [1.165, 1.54) is 19.3 Å². The number of aromatic nitrogens is 5. The van der Waals surface area contributed by atoms with Crippen LogP contribution >= 0.6 is 0 Å². The average Bonchev–Trinajstić information content (AvgIpc) is 3.40. The van der Waals surface area contributed by atoms with Crippen molar-refractivity contribution >= 4 is 5.91 Å². The van der Waals surface area contributed by atoms with Gasteiger partial charge in [-0.15, -0.1) is 10.2 Å². The third-order valence-corrected chi connectivity index (χ3v) is 4.84. The summed E-state index contributed by atoms with van der Waals surface area (Å²) in [4.78, 5) is 12.4. The number of furan rings is 1. The normalized spacial score (nSPS) is 15.3. The lowest BCUT2D eigenvalue weighted by atomic mass is 9.95. The third-order valence-electron chi connectivity index (χ3n) is 4.84. The molecule has 1 fully saturated rings. The van der Waals surface area contributed by atoms with Crippen LogP contribution in [0, 0.1) is 6.92 Å². The van der Waals surface area contributed by atoms with Gasteiger partial charge in [-0.25, -0.2) is 0 Å². The van der Waals surface area contributed by atoms with E-state index in [0.717, 1.165) is 24.4 Å². The minimum Gasteiger partial charge on any atom is -0.460 e. The zero-order chi connectivity index (χ0) is 17.9. The van der Waals surface area contributed by atoms with E-state index in [9.17, 15) is 4.79 Å². The van der Waals surface area contributed by atoms with Gasteiger partial charge in [0.05, 0.1) is 6.54 Å². The van der Waals surface area contributed by atoms with Crippen molar-refractivity contribution in [3.63, 3.8) is 0 Å². The van der Waals surface area contributed by atoms with Crippen molar-refractivity contribution in [3.05, 3.63) is 41.8 Å². The summed E-state index contributed by atoms with van der Waals surface area (Å²) in [6, 6.07) is 5.83. The predicted molar refractivity (Wildman–Crippen MR) is 94.3 cm³/mol. The van der Waals surface area contributed by atoms with Crippen LogP contribution < -0.4 is 5.32 Å². The van der Waals surface area contributed by atoms with E-state index in [0.29, 0.717) is 29.7 Å². The zero-order valence-electron chi connectivity index (χ0n) is 14.7. The molecule has 0 unspecified atom stereocenters. The minimum atomic E-state index is -0.256. The number of amides is 1. The smallest absolute Gasteiger partial charge is 0.272 e. The Kier molecular flexibility index (Phi) is 4.55. The van der Waals surface area contributed by atoms with Gasteiger partial charge < -0.3 is 14.3 Å². The number of carbonyl (C=O) groups excluding carboxylic acids is 1. The van der Waals surface area contributed by atoms with Gasteiger partial charge in [0.1, 0.15) is 17.8 Å². The number of aromatic amines is 1. The van der Waals surface area contributed by atoms with Gasteiger partial charge in [-0.1, -0.05) is 19.3 Å². The molecule has 3 aromatic heterocycles. The molecule has 26 heavy (non-hydrogen) atoms. The first-order chi connectivity index (χ1) is 12.7. The summed E-state index contributed by atoms with van der Waals surface area (Å²) in [6.45, 7) is 2.20. The number of nitrogens with zero attached hydrogens (tertiary/aromatic N) is 4. The van der Waals surface area contributed by atoms with E-state index in [2.05, 4.69) is 30.3 Å². The quantitative estimate of drug-likeness (QED) is 0.733. The van der Waals surface area contributed by atoms with Crippen LogP contribution in [-0.2, 0) is 6.54 Å². The molecule has 0 saturated heterocycles. The van der Waals surface area contributed by atoms with E-state index >= 15 is 0 Å². The van der Waals surface area contributed by atoms with Crippen molar-refractivity contribution in [2.45, 2.75) is 51.6 Å². The van der Waals surface area contributed by atoms with Gasteiger partial charge in [0.2, 0.25) is 0 Å². The van der Waals surface area contributed by atoms with Crippen molar-refractivity contribution < 1.29 is 9.21 Å². The largest absolute Gasteiger partial charge is 0.460 e. The Bertz CT molecular complexity index is 887. The number of hydrogen-bond acceptors (Lipinski definition) is 5. The molecule has 2 N–H and O–H groups in total. The SMILES string of the molecule is Cc1ccc(-c2cc(C(=O)NCc3nncn3C3CCCCC3)n[nH]2)o1. The molecule has 1 amide bonds. The summed E-state index contributed by atoms with van der Waals surface area (Å²) in [5.74, 6) is 1.99. The Morgan fingerprint density at radius 1 is 1.35 bits per heavy atom. The molecule has 3 heterocycles. The van der Waals surface area contributed by atoms with Gasteiger partial charge in [0.25, 0.3) is 5.91 Å². The van der Waals surface area contributed by atoms with Crippen molar-refractivity contribution in [1.29, 1.82) is 0 Å². The van der Waals surface area contributed by atoms with Gasteiger partial charge in [-0.05, 0) is 31.9 Å². The molecule has 1 saturated carbocycles. The monoisotopic (exact) mass is 354 g/mol. The molecule has 8 nitrogen and oxygen atoms in total. The van der Waals surface area contributed by atoms with Crippen LogP contribution in [-0.4, -0.2) is 30.9 Å². The number of carbonyl (C=O) groups is 1. The molecule has 0 spiro atoms. The van der Waals surface area contributed by atoms with Gasteiger partial charge >= 0.3 is 0 Å². The maximum absolute atomic E-state index is 12.4. The fourth-order valence-electron chi connectivity index (χ4n) is 3.45. The average molecular weight is 354 g/mol. The minimum absolute atomic E-state index is 0.256. The molecule has 0 bridgehead atoms. The molecule has 136 valence electrons. The Morgan fingerprint density at radius 2 is 2.19 bits per heavy atom. The maximum atomic E-state index is 12.4. The van der Waals surface area contributed by atoms with E-state index in [4.69, 9.17) is 4.42 Å². The molecular weight excluding hydrogens is 332 g/mol. The maximum Gasteiger partial charge on any atom is 0.272 e. The van der Waals surface area contributed by atoms with Crippen LogP contribution in [0.5, 0.6) is 0 Å². The Morgan fingerprint density at radius 3 is 2.96 bits per heavy atom. The van der Waals surface area contributed by atoms with Crippen LogP contribution in [0.25, 0.3) is 11.5 Å². The zero-order valence-corrected chi connectivity index (χ0v) is 14.7. The second kappa shape index (κ2) is 7.15. The molecule has 8 heteroatoms. The number of hydrogen-bond donors (Lipinski definition) is 2. The summed E-state index contributed by atoms with van der Waals surface area (Å²) in [6.07, 6.45) is 7.81. The lowest BCUT2D eigenvalue weighted by Crippen LogP contribution is -2.26. The Hall–Kier alpha value is -2.90. The first-order valence-electron chi connectivity index (χ1n) is 8.99. The van der Waals surface area contributed by atoms with Crippen molar-refractivity contribution in [2.75, 3.05) is 0 Å². The molecule has 1 aliphatic rings. The summed E-state index contributed by atoms with van der Waals surface area (Å²) < 4.78 is 7.64. The second-order valence-corrected chi connectivity index (χ2v) is 6.71. The standard InChI is InChI=1S/C18H22N6O2/c1-12-7-8-16(26-12)14-9-15(22-21-14)18(25)19-10-17-23-20-11-24(17)13-5-3-2-4-6-13/h7-9,11,13H,2-6,10H2,1H3,(H,19,25)(H,21,22). The molecule has 0 aromatic carbocycles. The lowest BCUT2D eigenvalue weighted by Gasteiger charge is -2.23. The van der Waals surface area contributed by atoms with E-state index < -0.39 is 0 Å². The van der Waals surface area contributed by atoms with Gasteiger partial charge in [-0.3, -0.25) is 9.89 Å². The molecule has 0 atom stereocenters. The molecule has 1 aliphatic carbocycles. The fourth-order valence-corrected chi connectivity index (χ4v) is 3.45. The third kappa shape index (κ3) is 3.40. The first kappa shape index (κ1) is 16.6. The Balaban J connectivity index is 1.40. The molecule has 4 rings (SSSR count). The van der Waals surface area contributed by atoms with E-state index in [1.807, 2.05) is 19.1 Å². The van der Waals surface area contributed by atoms with Crippen molar-refractivity contribution in [2.24, 2.45) is 0 Å². The summed E-state index contributed by atoms with van der Waals surface area (Å²) in [7, 11) is 0. The van der Waals surface area contributed by atoms with Gasteiger partial charge in [0.15, 0.2) is 17.3 Å². The van der Waals surface area contributed by atoms with Gasteiger partial charge in [0, 0.05) is 12.1 Å². The van der Waals surface area contributed by atoms with Crippen LogP contribution in [0.15, 0.2) is 28.9 Å². The molecular formula is C18H22N6O2. The van der Waals surface area contributed by atoms with Crippen molar-refractivity contribution in [1.82, 2.24) is 30.3 Å². The van der Waals surface area contributed by atoms with E-state index in [1.54, 1.807) is 12.4 Å². The summed E-state index contributed by atoms with van der Waals surface area (Å²) in [5, 5.41) is 18.0. The highest BCUT2D eigenvalue weighted by Crippen LogP contribution is 2.28. The highest BCUT2D eigenvalue weighted by Gasteiger charge is 2.19. The molecule has 0 radical (unpaired) electrons. The summed E-state index contributed by atoms with van der Waals surface area (Å²) >= 11 is 0. The van der Waals surface area contributed by atoms with Crippen LogP contribution in [0.2, 0.25) is 0 Å². The van der Waals surface area contributed by atoms with E-state index in [-0.39, 0.29) is 5.91 Å². The predicted octanol–water partition coefficient (Wildman–Crippen LogP) is 3.00. The van der Waals surface area contributed by atoms with Crippen LogP contribution in [0.4, 0.5) is 0 Å². The fraction of sp³-hybridized carbons (Fsp3) is 0.444. The summed E-state index contributed by atoms with van der Waals surface area (Å²) in [5.41, 5.74) is 0.992. The first-order valence-corrected chi connectivity index (χ1v) is 8.99. The number of H-pyrrole nitrogens is 1. The molecule has 3 aromatic rings. The molecule has 0 aliphatic heterocycles. The van der Waals surface area contributed by atoms with Gasteiger partial charge in [-0.2, -0.15) is 5.10 Å². The topological polar surface area (TPSA) is 102 Å². The van der Waals surface area contributed by atoms with Crippen LogP contribution in [0.3, 0.4) is 0 Å². The number of aryl methyl sites for hydroxylation is 1. The number of rotatable bonds is 5. The Labute approximate surface area is 151 Å². The highest BCUT2D eigenvalue weighted by molar-refractivity contribution is 5.93. The highest BCUT2D eigenvalue weighted by atomic mass is 16.3. The van der Waals surface area contributed by atoms with Crippen molar-refractivity contribution in [3.8, 4) is 11.5 Å².